The van der Waals surface area contributed by atoms with Crippen LogP contribution in [0.3, 0.4) is 0 Å². The van der Waals surface area contributed by atoms with Gasteiger partial charge in [-0.1, -0.05) is 0 Å². The van der Waals surface area contributed by atoms with Crippen LogP contribution in [-0.4, -0.2) is 24.1 Å². The molecule has 0 aliphatic carbocycles. The van der Waals surface area contributed by atoms with Gasteiger partial charge in [-0.15, -0.1) is 0 Å². The van der Waals surface area contributed by atoms with E-state index in [0.717, 1.165) is 24.3 Å². The van der Waals surface area contributed by atoms with Crippen LogP contribution in [0.4, 0.5) is 5.69 Å². The molecule has 0 fully saturated rings. The number of carbonyl (C=O) groups excluding carboxylic acids is 1. The van der Waals surface area contributed by atoms with Gasteiger partial charge in [0.1, 0.15) is 5.69 Å². The molecule has 2 heterocycles. The van der Waals surface area contributed by atoms with E-state index >= 15 is 0 Å². The number of nitrogens with one attached hydrogen (secondary N) is 1. The Morgan fingerprint density at radius 1 is 1.64 bits per heavy atom. The van der Waals surface area contributed by atoms with Crippen LogP contribution in [0.5, 0.6) is 0 Å². The molecule has 4 nitrogen and oxygen atoms in total. The summed E-state index contributed by atoms with van der Waals surface area (Å²) in [7, 11) is 0. The van der Waals surface area contributed by atoms with Gasteiger partial charge < -0.3 is 10.1 Å². The van der Waals surface area contributed by atoms with Crippen molar-refractivity contribution in [3.05, 3.63) is 23.5 Å². The molecule has 2 rings (SSSR count). The van der Waals surface area contributed by atoms with Crippen LogP contribution in [0.1, 0.15) is 23.1 Å². The fraction of sp³-hybridized carbons (Fsp3) is 0.400. The minimum absolute atomic E-state index is 0.345. The smallest absolute Gasteiger partial charge is 0.356 e. The lowest BCUT2D eigenvalue weighted by Crippen LogP contribution is -2.07. The second-order valence-corrected chi connectivity index (χ2v) is 3.09. The highest BCUT2D eigenvalue weighted by molar-refractivity contribution is 5.87. The summed E-state index contributed by atoms with van der Waals surface area (Å²) < 4.78 is 4.87. The number of esters is 1. The molecule has 4 heteroatoms. The van der Waals surface area contributed by atoms with E-state index in [-0.39, 0.29) is 5.97 Å². The van der Waals surface area contributed by atoms with Crippen molar-refractivity contribution in [2.75, 3.05) is 18.5 Å². The maximum atomic E-state index is 11.3. The lowest BCUT2D eigenvalue weighted by molar-refractivity contribution is 0.0519. The van der Waals surface area contributed by atoms with E-state index in [4.69, 9.17) is 4.74 Å². The highest BCUT2D eigenvalue weighted by Gasteiger charge is 2.15. The van der Waals surface area contributed by atoms with Crippen LogP contribution in [0.15, 0.2) is 12.1 Å². The standard InChI is InChI=1S/C10H12N2O2/c1-2-14-10(13)9-4-3-7-8(12-9)5-6-11-7/h3-4,11H,2,5-6H2,1H3. The summed E-state index contributed by atoms with van der Waals surface area (Å²) in [6.07, 6.45) is 0.878. The summed E-state index contributed by atoms with van der Waals surface area (Å²) >= 11 is 0. The van der Waals surface area contributed by atoms with Gasteiger partial charge >= 0.3 is 5.97 Å². The van der Waals surface area contributed by atoms with Gasteiger partial charge in [0.2, 0.25) is 0 Å². The zero-order chi connectivity index (χ0) is 9.97. The first-order valence-corrected chi connectivity index (χ1v) is 4.72. The SMILES string of the molecule is CCOC(=O)c1ccc2c(n1)CCN2. The molecule has 1 aromatic rings. The number of ether oxygens (including phenoxy) is 1. The second kappa shape index (κ2) is 3.65. The average Bonchev–Trinajstić information content (AvgIpc) is 2.64. The number of hydrogen-bond acceptors (Lipinski definition) is 4. The molecule has 0 spiro atoms. The highest BCUT2D eigenvalue weighted by atomic mass is 16.5. The maximum absolute atomic E-state index is 11.3. The van der Waals surface area contributed by atoms with E-state index in [0.29, 0.717) is 12.3 Å². The molecule has 1 N–H and O–H groups in total. The zero-order valence-electron chi connectivity index (χ0n) is 8.04. The van der Waals surface area contributed by atoms with Crippen molar-refractivity contribution in [2.24, 2.45) is 0 Å². The molecule has 0 aromatic carbocycles. The number of fused-ring (bicyclic) bond motifs is 1. The number of carbonyl (C=O) groups is 1. The Labute approximate surface area is 82.3 Å². The van der Waals surface area contributed by atoms with E-state index in [1.54, 1.807) is 13.0 Å². The summed E-state index contributed by atoms with van der Waals surface area (Å²) in [6, 6.07) is 3.57. The molecule has 14 heavy (non-hydrogen) atoms. The Balaban J connectivity index is 2.24. The predicted octanol–water partition coefficient (Wildman–Crippen LogP) is 1.23. The molecule has 0 bridgehead atoms. The van der Waals surface area contributed by atoms with Crippen molar-refractivity contribution < 1.29 is 9.53 Å². The Morgan fingerprint density at radius 3 is 3.29 bits per heavy atom. The lowest BCUT2D eigenvalue weighted by Gasteiger charge is -2.03. The maximum Gasteiger partial charge on any atom is 0.356 e. The summed E-state index contributed by atoms with van der Waals surface area (Å²) in [4.78, 5) is 15.6. The molecule has 0 unspecified atom stereocenters. The van der Waals surface area contributed by atoms with Crippen LogP contribution >= 0.6 is 0 Å². The molecule has 0 saturated heterocycles. The van der Waals surface area contributed by atoms with Crippen molar-refractivity contribution in [1.29, 1.82) is 0 Å². The minimum Gasteiger partial charge on any atom is -0.461 e. The van der Waals surface area contributed by atoms with Crippen molar-refractivity contribution in [2.45, 2.75) is 13.3 Å². The number of anilines is 1. The Hall–Kier alpha value is -1.58. The molecule has 74 valence electrons. The molecule has 0 atom stereocenters. The van der Waals surface area contributed by atoms with Gasteiger partial charge in [-0.2, -0.15) is 0 Å². The van der Waals surface area contributed by atoms with Crippen LogP contribution in [0.2, 0.25) is 0 Å². The van der Waals surface area contributed by atoms with Crippen molar-refractivity contribution in [3.63, 3.8) is 0 Å². The monoisotopic (exact) mass is 192 g/mol. The van der Waals surface area contributed by atoms with Gasteiger partial charge in [0.15, 0.2) is 0 Å². The third kappa shape index (κ3) is 1.55. The predicted molar refractivity (Wildman–Crippen MR) is 52.4 cm³/mol. The van der Waals surface area contributed by atoms with Crippen LogP contribution in [-0.2, 0) is 11.2 Å². The van der Waals surface area contributed by atoms with Gasteiger partial charge in [0.05, 0.1) is 18.0 Å². The van der Waals surface area contributed by atoms with E-state index in [1.165, 1.54) is 0 Å². The van der Waals surface area contributed by atoms with Crippen molar-refractivity contribution >= 4 is 11.7 Å². The Bertz CT molecular complexity index is 363. The van der Waals surface area contributed by atoms with Gasteiger partial charge in [0.25, 0.3) is 0 Å². The van der Waals surface area contributed by atoms with Gasteiger partial charge in [-0.3, -0.25) is 0 Å². The van der Waals surface area contributed by atoms with E-state index in [1.807, 2.05) is 6.07 Å². The van der Waals surface area contributed by atoms with E-state index in [2.05, 4.69) is 10.3 Å². The number of rotatable bonds is 2. The molecule has 1 aliphatic rings. The Kier molecular flexibility index (Phi) is 2.35. The summed E-state index contributed by atoms with van der Waals surface area (Å²) in [5, 5.41) is 3.18. The number of hydrogen-bond donors (Lipinski definition) is 1. The minimum atomic E-state index is -0.345. The largest absolute Gasteiger partial charge is 0.461 e. The van der Waals surface area contributed by atoms with Crippen molar-refractivity contribution in [3.8, 4) is 0 Å². The third-order valence-corrected chi connectivity index (χ3v) is 2.14. The first-order chi connectivity index (χ1) is 6.81. The highest BCUT2D eigenvalue weighted by Crippen LogP contribution is 2.19. The van der Waals surface area contributed by atoms with E-state index < -0.39 is 0 Å². The molecular weight excluding hydrogens is 180 g/mol. The molecule has 0 radical (unpaired) electrons. The first-order valence-electron chi connectivity index (χ1n) is 4.72. The lowest BCUT2D eigenvalue weighted by atomic mass is 10.2. The normalized spacial score (nSPS) is 13.2. The quantitative estimate of drug-likeness (QED) is 0.716. The van der Waals surface area contributed by atoms with Gasteiger partial charge in [-0.05, 0) is 19.1 Å². The summed E-state index contributed by atoms with van der Waals surface area (Å²) in [6.45, 7) is 3.07. The van der Waals surface area contributed by atoms with Crippen LogP contribution in [0.25, 0.3) is 0 Å². The molecule has 1 aliphatic heterocycles. The van der Waals surface area contributed by atoms with E-state index in [9.17, 15) is 4.79 Å². The van der Waals surface area contributed by atoms with Crippen LogP contribution < -0.4 is 5.32 Å². The van der Waals surface area contributed by atoms with Gasteiger partial charge in [-0.25, -0.2) is 9.78 Å². The topological polar surface area (TPSA) is 51.2 Å². The summed E-state index contributed by atoms with van der Waals surface area (Å²) in [5.74, 6) is -0.345. The number of nitrogens with zero attached hydrogens (tertiary/aromatic N) is 1. The van der Waals surface area contributed by atoms with Crippen molar-refractivity contribution in [1.82, 2.24) is 4.98 Å². The number of aromatic nitrogens is 1. The second-order valence-electron chi connectivity index (χ2n) is 3.09. The van der Waals surface area contributed by atoms with Crippen LogP contribution in [0, 0.1) is 0 Å². The zero-order valence-corrected chi connectivity index (χ0v) is 8.04. The molecular formula is C10H12N2O2. The average molecular weight is 192 g/mol. The third-order valence-electron chi connectivity index (χ3n) is 2.14. The fourth-order valence-corrected chi connectivity index (χ4v) is 1.49. The molecule has 0 amide bonds. The number of pyridine rings is 1. The Morgan fingerprint density at radius 2 is 2.50 bits per heavy atom. The summed E-state index contributed by atoms with van der Waals surface area (Å²) in [5.41, 5.74) is 2.38. The molecule has 0 saturated carbocycles. The van der Waals surface area contributed by atoms with Gasteiger partial charge in [0, 0.05) is 13.0 Å². The first kappa shape index (κ1) is 8.99. The molecule has 1 aromatic heterocycles. The fourth-order valence-electron chi connectivity index (χ4n) is 1.49.